The van der Waals surface area contributed by atoms with E-state index in [1.807, 2.05) is 6.07 Å². The van der Waals surface area contributed by atoms with Crippen LogP contribution >= 0.6 is 0 Å². The molecule has 11 rings (SSSR count). The third-order valence-corrected chi connectivity index (χ3v) is 10.3. The van der Waals surface area contributed by atoms with Crippen LogP contribution in [0.2, 0.25) is 0 Å². The predicted octanol–water partition coefficient (Wildman–Crippen LogP) is 13.1. The Balaban J connectivity index is 1.24. The van der Waals surface area contributed by atoms with Gasteiger partial charge in [-0.25, -0.2) is 0 Å². The number of hydrogen-bond acceptors (Lipinski definition) is 2. The van der Waals surface area contributed by atoms with Crippen molar-refractivity contribution in [3.63, 3.8) is 0 Å². The van der Waals surface area contributed by atoms with Gasteiger partial charge in [0.2, 0.25) is 0 Å². The number of rotatable bonds is 3. The largest absolute Gasteiger partial charge is 0.460 e. The van der Waals surface area contributed by atoms with Gasteiger partial charge in [0.1, 0.15) is 5.58 Å². The standard InChI is InChI=1S/C46H27NO2/c1-2-11-30(12-3-1)47-39-19-9-8-17-36(39)44-37(18-10-20-40(44)47)43-33-15-6-4-13-31(33)42(32-14-5-7-16-34(32)43)29-22-24-41-38(27-29)35-23-21-28-25-26-48-45(28)46(35)49-41/h1-27H. The molecule has 3 heterocycles. The van der Waals surface area contributed by atoms with E-state index < -0.39 is 0 Å². The molecule has 0 atom stereocenters. The van der Waals surface area contributed by atoms with Crippen LogP contribution in [0.3, 0.4) is 0 Å². The Kier molecular flexibility index (Phi) is 5.38. The first-order chi connectivity index (χ1) is 24.3. The summed E-state index contributed by atoms with van der Waals surface area (Å²) < 4.78 is 14.6. The van der Waals surface area contributed by atoms with E-state index in [0.29, 0.717) is 0 Å². The molecule has 228 valence electrons. The van der Waals surface area contributed by atoms with Crippen molar-refractivity contribution >= 4 is 76.3 Å². The van der Waals surface area contributed by atoms with Crippen LogP contribution in [-0.4, -0.2) is 4.57 Å². The highest BCUT2D eigenvalue weighted by atomic mass is 16.4. The Bertz CT molecular complexity index is 3050. The number of benzene rings is 8. The van der Waals surface area contributed by atoms with Gasteiger partial charge in [0.25, 0.3) is 0 Å². The lowest BCUT2D eigenvalue weighted by Gasteiger charge is -2.18. The summed E-state index contributed by atoms with van der Waals surface area (Å²) in [6, 6.07) is 56.8. The van der Waals surface area contributed by atoms with Crippen LogP contribution in [0.1, 0.15) is 0 Å². The first-order valence-electron chi connectivity index (χ1n) is 16.7. The van der Waals surface area contributed by atoms with E-state index in [-0.39, 0.29) is 0 Å². The fraction of sp³-hybridized carbons (Fsp3) is 0. The molecular formula is C46H27NO2. The number of hydrogen-bond donors (Lipinski definition) is 0. The first-order valence-corrected chi connectivity index (χ1v) is 16.7. The van der Waals surface area contributed by atoms with E-state index in [4.69, 9.17) is 8.83 Å². The van der Waals surface area contributed by atoms with Crippen molar-refractivity contribution < 1.29 is 8.83 Å². The Hall–Kier alpha value is -6.58. The van der Waals surface area contributed by atoms with Gasteiger partial charge >= 0.3 is 0 Å². The topological polar surface area (TPSA) is 31.2 Å². The van der Waals surface area contributed by atoms with Gasteiger partial charge in [0.15, 0.2) is 11.2 Å². The molecule has 8 aromatic carbocycles. The molecular weight excluding hydrogens is 599 g/mol. The van der Waals surface area contributed by atoms with Crippen molar-refractivity contribution in [3.05, 3.63) is 164 Å². The van der Waals surface area contributed by atoms with E-state index in [0.717, 1.165) is 44.2 Å². The van der Waals surface area contributed by atoms with Crippen LogP contribution in [0, 0.1) is 0 Å². The molecule has 0 aliphatic heterocycles. The second kappa shape index (κ2) is 9.96. The molecule has 0 spiro atoms. The smallest absolute Gasteiger partial charge is 0.178 e. The molecule has 49 heavy (non-hydrogen) atoms. The molecule has 3 aromatic heterocycles. The summed E-state index contributed by atoms with van der Waals surface area (Å²) in [5, 5.41) is 10.6. The minimum absolute atomic E-state index is 0.790. The van der Waals surface area contributed by atoms with Crippen LogP contribution in [0.25, 0.3) is 104 Å². The van der Waals surface area contributed by atoms with Gasteiger partial charge < -0.3 is 13.4 Å². The van der Waals surface area contributed by atoms with E-state index in [2.05, 4.69) is 156 Å². The maximum atomic E-state index is 6.38. The summed E-state index contributed by atoms with van der Waals surface area (Å²) in [4.78, 5) is 0. The third-order valence-electron chi connectivity index (χ3n) is 10.3. The van der Waals surface area contributed by atoms with Gasteiger partial charge in [-0.2, -0.15) is 0 Å². The monoisotopic (exact) mass is 625 g/mol. The number of fused-ring (bicyclic) bond motifs is 10. The number of nitrogens with zero attached hydrogens (tertiary/aromatic N) is 1. The third kappa shape index (κ3) is 3.67. The van der Waals surface area contributed by atoms with Crippen LogP contribution < -0.4 is 0 Å². The molecule has 0 saturated carbocycles. The Morgan fingerprint density at radius 3 is 1.88 bits per heavy atom. The maximum absolute atomic E-state index is 6.38. The Labute approximate surface area is 280 Å². The average molecular weight is 626 g/mol. The lowest BCUT2D eigenvalue weighted by atomic mass is 9.84. The molecule has 0 bridgehead atoms. The van der Waals surface area contributed by atoms with Crippen LogP contribution in [0.5, 0.6) is 0 Å². The van der Waals surface area contributed by atoms with Gasteiger partial charge in [0, 0.05) is 32.6 Å². The lowest BCUT2D eigenvalue weighted by Crippen LogP contribution is -1.93. The normalized spacial score (nSPS) is 12.1. The van der Waals surface area contributed by atoms with Crippen LogP contribution in [0.4, 0.5) is 0 Å². The van der Waals surface area contributed by atoms with Gasteiger partial charge in [-0.1, -0.05) is 109 Å². The zero-order chi connectivity index (χ0) is 32.1. The molecule has 0 aliphatic carbocycles. The molecule has 0 amide bonds. The van der Waals surface area contributed by atoms with E-state index in [1.54, 1.807) is 6.26 Å². The van der Waals surface area contributed by atoms with Crippen LogP contribution in [-0.2, 0) is 0 Å². The summed E-state index contributed by atoms with van der Waals surface area (Å²) >= 11 is 0. The Morgan fingerprint density at radius 2 is 1.10 bits per heavy atom. The van der Waals surface area contributed by atoms with Gasteiger partial charge in [0.05, 0.1) is 17.3 Å². The molecule has 0 aliphatic rings. The second-order valence-corrected chi connectivity index (χ2v) is 12.8. The van der Waals surface area contributed by atoms with Gasteiger partial charge in [-0.15, -0.1) is 0 Å². The number of para-hydroxylation sites is 2. The highest BCUT2D eigenvalue weighted by Gasteiger charge is 2.22. The molecule has 0 N–H and O–H groups in total. The molecule has 11 aromatic rings. The van der Waals surface area contributed by atoms with E-state index in [9.17, 15) is 0 Å². The maximum Gasteiger partial charge on any atom is 0.178 e. The predicted molar refractivity (Wildman–Crippen MR) is 204 cm³/mol. The highest BCUT2D eigenvalue weighted by Crippen LogP contribution is 2.48. The minimum Gasteiger partial charge on any atom is -0.460 e. The van der Waals surface area contributed by atoms with Crippen molar-refractivity contribution in [2.24, 2.45) is 0 Å². The van der Waals surface area contributed by atoms with Crippen molar-refractivity contribution in [3.8, 4) is 27.9 Å². The fourth-order valence-electron chi connectivity index (χ4n) is 8.23. The fourth-order valence-corrected chi connectivity index (χ4v) is 8.23. The zero-order valence-electron chi connectivity index (χ0n) is 26.4. The number of furan rings is 2. The molecule has 3 nitrogen and oxygen atoms in total. The zero-order valence-corrected chi connectivity index (χ0v) is 26.4. The summed E-state index contributed by atoms with van der Waals surface area (Å²) in [6.45, 7) is 0. The Morgan fingerprint density at radius 1 is 0.429 bits per heavy atom. The summed E-state index contributed by atoms with van der Waals surface area (Å²) in [5.74, 6) is 0. The summed E-state index contributed by atoms with van der Waals surface area (Å²) in [7, 11) is 0. The van der Waals surface area contributed by atoms with E-state index >= 15 is 0 Å². The van der Waals surface area contributed by atoms with Gasteiger partial charge in [-0.05, 0) is 92.3 Å². The van der Waals surface area contributed by atoms with Gasteiger partial charge in [-0.3, -0.25) is 0 Å². The quantitative estimate of drug-likeness (QED) is 0.183. The molecule has 3 heteroatoms. The lowest BCUT2D eigenvalue weighted by molar-refractivity contribution is 0.600. The van der Waals surface area contributed by atoms with Crippen LogP contribution in [0.15, 0.2) is 173 Å². The molecule has 0 unspecified atom stereocenters. The molecule has 0 radical (unpaired) electrons. The van der Waals surface area contributed by atoms with E-state index in [1.165, 1.54) is 60.0 Å². The minimum atomic E-state index is 0.790. The second-order valence-electron chi connectivity index (χ2n) is 12.8. The van der Waals surface area contributed by atoms with Crippen molar-refractivity contribution in [1.29, 1.82) is 0 Å². The highest BCUT2D eigenvalue weighted by molar-refractivity contribution is 6.27. The summed E-state index contributed by atoms with van der Waals surface area (Å²) in [6.07, 6.45) is 1.72. The molecule has 0 saturated heterocycles. The average Bonchev–Trinajstić information content (AvgIpc) is 3.88. The SMILES string of the molecule is c1ccc(-n2c3ccccc3c3c(-c4c5ccccc5c(-c5ccc6oc7c(ccc8ccoc87)c6c5)c5ccccc45)cccc32)cc1. The number of aromatic nitrogens is 1. The van der Waals surface area contributed by atoms with Crippen molar-refractivity contribution in [2.45, 2.75) is 0 Å². The molecule has 0 fully saturated rings. The van der Waals surface area contributed by atoms with Crippen molar-refractivity contribution in [2.75, 3.05) is 0 Å². The van der Waals surface area contributed by atoms with Crippen molar-refractivity contribution in [1.82, 2.24) is 4.57 Å². The summed E-state index contributed by atoms with van der Waals surface area (Å²) in [5.41, 5.74) is 10.9. The first kappa shape index (κ1) is 26.5.